The first-order valence-corrected chi connectivity index (χ1v) is 5.94. The van der Waals surface area contributed by atoms with Gasteiger partial charge in [-0.1, -0.05) is 5.16 Å². The van der Waals surface area contributed by atoms with Crippen molar-refractivity contribution in [1.82, 2.24) is 15.0 Å². The summed E-state index contributed by atoms with van der Waals surface area (Å²) >= 11 is 0. The lowest BCUT2D eigenvalue weighted by Gasteiger charge is -2.17. The van der Waals surface area contributed by atoms with Crippen LogP contribution in [0.2, 0.25) is 0 Å². The quantitative estimate of drug-likeness (QED) is 0.722. The largest absolute Gasteiger partial charge is 0.480 e. The molecule has 0 aromatic carbocycles. The Morgan fingerprint density at radius 1 is 1.61 bits per heavy atom. The van der Waals surface area contributed by atoms with Crippen molar-refractivity contribution >= 4 is 5.97 Å². The third kappa shape index (κ3) is 3.78. The molecule has 0 unspecified atom stereocenters. The van der Waals surface area contributed by atoms with Gasteiger partial charge in [0.25, 0.3) is 0 Å². The van der Waals surface area contributed by atoms with Crippen LogP contribution < -0.4 is 0 Å². The summed E-state index contributed by atoms with van der Waals surface area (Å²) in [5, 5.41) is 12.7. The lowest BCUT2D eigenvalue weighted by Crippen LogP contribution is -2.32. The lowest BCUT2D eigenvalue weighted by molar-refractivity contribution is -0.138. The minimum atomic E-state index is -0.878. The van der Waals surface area contributed by atoms with Gasteiger partial charge >= 0.3 is 5.97 Å². The molecule has 0 radical (unpaired) electrons. The van der Waals surface area contributed by atoms with Crippen LogP contribution in [0.15, 0.2) is 4.52 Å². The first kappa shape index (κ1) is 13.0. The van der Waals surface area contributed by atoms with Crippen LogP contribution in [0.1, 0.15) is 30.5 Å². The molecule has 0 amide bonds. The molecule has 1 heterocycles. The Morgan fingerprint density at radius 3 is 3.00 bits per heavy atom. The van der Waals surface area contributed by atoms with Crippen LogP contribution in [-0.2, 0) is 16.1 Å². The van der Waals surface area contributed by atoms with Gasteiger partial charge in [0.2, 0.25) is 5.89 Å². The first-order valence-electron chi connectivity index (χ1n) is 5.94. The number of aliphatic carboxylic acids is 1. The number of carbonyl (C=O) groups is 1. The summed E-state index contributed by atoms with van der Waals surface area (Å²) in [5.41, 5.74) is 0. The van der Waals surface area contributed by atoms with E-state index in [1.807, 2.05) is 0 Å². The normalized spacial score (nSPS) is 15.2. The number of nitrogens with zero attached hydrogens (tertiary/aromatic N) is 3. The summed E-state index contributed by atoms with van der Waals surface area (Å²) in [6, 6.07) is 0. The Balaban J connectivity index is 1.90. The number of hydrogen-bond acceptors (Lipinski definition) is 6. The van der Waals surface area contributed by atoms with Crippen molar-refractivity contribution < 1.29 is 19.2 Å². The van der Waals surface area contributed by atoms with Crippen molar-refractivity contribution in [3.8, 4) is 0 Å². The molecule has 18 heavy (non-hydrogen) atoms. The molecule has 0 saturated heterocycles. The standard InChI is InChI=1S/C11H17N3O4/c1-17-5-4-14(7-10(15)16)6-9-12-11(18-13-9)8-2-3-8/h8H,2-7H2,1H3,(H,15,16). The van der Waals surface area contributed by atoms with Crippen molar-refractivity contribution in [3.05, 3.63) is 11.7 Å². The summed E-state index contributed by atoms with van der Waals surface area (Å²) < 4.78 is 10.1. The maximum absolute atomic E-state index is 10.7. The van der Waals surface area contributed by atoms with Gasteiger partial charge in [0.15, 0.2) is 5.82 Å². The van der Waals surface area contributed by atoms with E-state index in [0.29, 0.717) is 37.3 Å². The number of aromatic nitrogens is 2. The van der Waals surface area contributed by atoms with E-state index in [2.05, 4.69) is 10.1 Å². The third-order valence-corrected chi connectivity index (χ3v) is 2.75. The van der Waals surface area contributed by atoms with E-state index in [9.17, 15) is 4.79 Å². The van der Waals surface area contributed by atoms with Crippen molar-refractivity contribution in [2.24, 2.45) is 0 Å². The van der Waals surface area contributed by atoms with Gasteiger partial charge in [-0.25, -0.2) is 0 Å². The van der Waals surface area contributed by atoms with Crippen LogP contribution in [0.3, 0.4) is 0 Å². The van der Waals surface area contributed by atoms with Gasteiger partial charge in [-0.2, -0.15) is 4.98 Å². The number of carboxylic acids is 1. The highest BCUT2D eigenvalue weighted by Gasteiger charge is 2.29. The molecule has 0 aliphatic heterocycles. The third-order valence-electron chi connectivity index (χ3n) is 2.75. The second-order valence-corrected chi connectivity index (χ2v) is 4.42. The minimum Gasteiger partial charge on any atom is -0.480 e. The topological polar surface area (TPSA) is 88.7 Å². The minimum absolute atomic E-state index is 0.0589. The molecule has 100 valence electrons. The van der Waals surface area contributed by atoms with Gasteiger partial charge in [0.1, 0.15) is 0 Å². The molecule has 0 spiro atoms. The molecule has 7 heteroatoms. The smallest absolute Gasteiger partial charge is 0.317 e. The van der Waals surface area contributed by atoms with Crippen molar-refractivity contribution in [2.75, 3.05) is 26.8 Å². The van der Waals surface area contributed by atoms with E-state index >= 15 is 0 Å². The number of ether oxygens (including phenoxy) is 1. The zero-order valence-electron chi connectivity index (χ0n) is 10.3. The molecule has 0 bridgehead atoms. The summed E-state index contributed by atoms with van der Waals surface area (Å²) in [5.74, 6) is 0.747. The second kappa shape index (κ2) is 5.92. The molecule has 1 N–H and O–H groups in total. The highest BCUT2D eigenvalue weighted by atomic mass is 16.5. The maximum atomic E-state index is 10.7. The van der Waals surface area contributed by atoms with Gasteiger partial charge < -0.3 is 14.4 Å². The SMILES string of the molecule is COCCN(CC(=O)O)Cc1noc(C2CC2)n1. The van der Waals surface area contributed by atoms with E-state index in [1.165, 1.54) is 0 Å². The van der Waals surface area contributed by atoms with E-state index in [4.69, 9.17) is 14.4 Å². The van der Waals surface area contributed by atoms with Crippen molar-refractivity contribution in [3.63, 3.8) is 0 Å². The molecule has 1 aliphatic rings. The van der Waals surface area contributed by atoms with Crippen LogP contribution >= 0.6 is 0 Å². The van der Waals surface area contributed by atoms with Crippen molar-refractivity contribution in [2.45, 2.75) is 25.3 Å². The van der Waals surface area contributed by atoms with E-state index in [1.54, 1.807) is 12.0 Å². The molecular formula is C11H17N3O4. The summed E-state index contributed by atoms with van der Waals surface area (Å²) in [6.45, 7) is 1.30. The molecule has 1 fully saturated rings. The molecule has 1 aliphatic carbocycles. The number of carboxylic acid groups (broad SMARTS) is 1. The van der Waals surface area contributed by atoms with Gasteiger partial charge in [0, 0.05) is 19.6 Å². The summed E-state index contributed by atoms with van der Waals surface area (Å²) in [6.07, 6.45) is 2.20. The molecule has 2 rings (SSSR count). The van der Waals surface area contributed by atoms with Crippen LogP contribution in [0, 0.1) is 0 Å². The number of methoxy groups -OCH3 is 1. The molecule has 7 nitrogen and oxygen atoms in total. The van der Waals surface area contributed by atoms with Crippen LogP contribution in [0.5, 0.6) is 0 Å². The highest BCUT2D eigenvalue weighted by molar-refractivity contribution is 5.69. The molecule has 1 saturated carbocycles. The molecule has 1 aromatic rings. The van der Waals surface area contributed by atoms with Gasteiger partial charge in [-0.05, 0) is 12.8 Å². The summed E-state index contributed by atoms with van der Waals surface area (Å²) in [4.78, 5) is 16.7. The molecule has 0 atom stereocenters. The Bertz CT molecular complexity index is 403. The molecule has 1 aromatic heterocycles. The Morgan fingerprint density at radius 2 is 2.39 bits per heavy atom. The van der Waals surface area contributed by atoms with Gasteiger partial charge in [-0.15, -0.1) is 0 Å². The van der Waals surface area contributed by atoms with E-state index in [-0.39, 0.29) is 6.54 Å². The Hall–Kier alpha value is -1.47. The van der Waals surface area contributed by atoms with Gasteiger partial charge in [-0.3, -0.25) is 9.69 Å². The van der Waals surface area contributed by atoms with Crippen LogP contribution in [-0.4, -0.2) is 52.9 Å². The van der Waals surface area contributed by atoms with Crippen LogP contribution in [0.25, 0.3) is 0 Å². The average Bonchev–Trinajstić information content (AvgIpc) is 3.07. The molecular weight excluding hydrogens is 238 g/mol. The zero-order valence-corrected chi connectivity index (χ0v) is 10.3. The predicted octanol–water partition coefficient (Wildman–Crippen LogP) is 0.480. The van der Waals surface area contributed by atoms with Crippen LogP contribution in [0.4, 0.5) is 0 Å². The van der Waals surface area contributed by atoms with E-state index < -0.39 is 5.97 Å². The summed E-state index contributed by atoms with van der Waals surface area (Å²) in [7, 11) is 1.58. The Kier molecular flexibility index (Phi) is 4.27. The lowest BCUT2D eigenvalue weighted by atomic mass is 10.4. The Labute approximate surface area is 105 Å². The first-order chi connectivity index (χ1) is 8.69. The monoisotopic (exact) mass is 255 g/mol. The second-order valence-electron chi connectivity index (χ2n) is 4.42. The predicted molar refractivity (Wildman–Crippen MR) is 61.1 cm³/mol. The van der Waals surface area contributed by atoms with Crippen molar-refractivity contribution in [1.29, 1.82) is 0 Å². The fraction of sp³-hybridized carbons (Fsp3) is 0.727. The van der Waals surface area contributed by atoms with Gasteiger partial charge in [0.05, 0.1) is 19.7 Å². The van der Waals surface area contributed by atoms with E-state index in [0.717, 1.165) is 12.8 Å². The zero-order chi connectivity index (χ0) is 13.0. The fourth-order valence-electron chi connectivity index (χ4n) is 1.65. The number of rotatable bonds is 8. The number of hydrogen-bond donors (Lipinski definition) is 1. The highest BCUT2D eigenvalue weighted by Crippen LogP contribution is 2.38. The maximum Gasteiger partial charge on any atom is 0.317 e. The fourth-order valence-corrected chi connectivity index (χ4v) is 1.65. The average molecular weight is 255 g/mol.